The van der Waals surface area contributed by atoms with Crippen molar-refractivity contribution in [3.63, 3.8) is 0 Å². The normalized spacial score (nSPS) is 10.8. The van der Waals surface area contributed by atoms with Crippen LogP contribution >= 0.6 is 23.5 Å². The monoisotopic (exact) mass is 413 g/mol. The van der Waals surface area contributed by atoms with Crippen LogP contribution in [0.1, 0.15) is 38.3 Å². The third-order valence-corrected chi connectivity index (χ3v) is 7.06. The molecule has 2 aromatic carbocycles. The maximum absolute atomic E-state index is 9.72. The summed E-state index contributed by atoms with van der Waals surface area (Å²) in [4.78, 5) is 2.34. The van der Waals surface area contributed by atoms with Crippen LogP contribution in [-0.2, 0) is 0 Å². The van der Waals surface area contributed by atoms with Gasteiger partial charge in [-0.15, -0.1) is 11.8 Å². The molecule has 2 N–H and O–H groups in total. The van der Waals surface area contributed by atoms with Gasteiger partial charge in [-0.2, -0.15) is 10.5 Å². The van der Waals surface area contributed by atoms with Crippen LogP contribution in [-0.4, -0.2) is 19.0 Å². The molecule has 0 saturated carbocycles. The Morgan fingerprint density at radius 1 is 1.00 bits per heavy atom. The Bertz CT molecular complexity index is 960. The molecule has 0 heterocycles. The lowest BCUT2D eigenvalue weighted by Gasteiger charge is -2.26. The van der Waals surface area contributed by atoms with E-state index in [0.29, 0.717) is 17.2 Å². The fraction of sp³-hybridized carbons (Fsp3) is 0.333. The van der Waals surface area contributed by atoms with Crippen molar-refractivity contribution < 1.29 is 9.47 Å². The van der Waals surface area contributed by atoms with E-state index < -0.39 is 0 Å². The maximum atomic E-state index is 9.72. The van der Waals surface area contributed by atoms with E-state index in [0.717, 1.165) is 21.1 Å². The van der Waals surface area contributed by atoms with Gasteiger partial charge in [0.15, 0.2) is 11.5 Å². The number of benzene rings is 2. The Labute approximate surface area is 174 Å². The zero-order valence-electron chi connectivity index (χ0n) is 16.6. The molecule has 0 radical (unpaired) electrons. The Hall–Kier alpha value is -2.48. The predicted molar refractivity (Wildman–Crippen MR) is 114 cm³/mol. The van der Waals surface area contributed by atoms with Crippen LogP contribution in [0, 0.1) is 22.7 Å². The third-order valence-electron chi connectivity index (χ3n) is 4.32. The number of anilines is 1. The smallest absolute Gasteiger partial charge is 0.153 e. The first-order valence-corrected chi connectivity index (χ1v) is 10.3. The molecule has 0 aliphatic carbocycles. The molecule has 2 rings (SSSR count). The average molecular weight is 414 g/mol. The van der Waals surface area contributed by atoms with Crippen LogP contribution < -0.4 is 15.2 Å². The second kappa shape index (κ2) is 9.14. The van der Waals surface area contributed by atoms with Crippen molar-refractivity contribution in [3.05, 3.63) is 35.4 Å². The highest BCUT2D eigenvalue weighted by atomic mass is 32.2. The van der Waals surface area contributed by atoms with Gasteiger partial charge in [0.2, 0.25) is 0 Å². The van der Waals surface area contributed by atoms with Crippen molar-refractivity contribution >= 4 is 29.2 Å². The molecular formula is C21H23N3O2S2. The molecule has 0 unspecified atom stereocenters. The minimum atomic E-state index is -0.114. The molecule has 0 fully saturated rings. The predicted octanol–water partition coefficient (Wildman–Crippen LogP) is 5.46. The van der Waals surface area contributed by atoms with Crippen LogP contribution in [0.5, 0.6) is 11.5 Å². The molecule has 5 nitrogen and oxygen atoms in total. The molecule has 146 valence electrons. The van der Waals surface area contributed by atoms with E-state index in [1.165, 1.54) is 26.0 Å². The maximum Gasteiger partial charge on any atom is 0.153 e. The van der Waals surface area contributed by atoms with E-state index in [1.54, 1.807) is 11.8 Å². The van der Waals surface area contributed by atoms with Crippen LogP contribution in [0.15, 0.2) is 39.0 Å². The van der Waals surface area contributed by atoms with Crippen LogP contribution in [0.4, 0.5) is 5.69 Å². The number of nitrogens with two attached hydrogens (primary N) is 1. The molecule has 0 amide bonds. The molecule has 0 atom stereocenters. The van der Waals surface area contributed by atoms with E-state index in [1.807, 2.05) is 24.3 Å². The van der Waals surface area contributed by atoms with Crippen molar-refractivity contribution in [1.82, 2.24) is 0 Å². The number of nitrogens with zero attached hydrogens (tertiary/aromatic N) is 2. The molecule has 7 heteroatoms. The molecular weight excluding hydrogens is 390 g/mol. The average Bonchev–Trinajstić information content (AvgIpc) is 2.69. The molecule has 0 aromatic heterocycles. The number of nitriles is 2. The first-order chi connectivity index (χ1) is 13.3. The molecule has 0 saturated heterocycles. The van der Waals surface area contributed by atoms with Crippen molar-refractivity contribution in [1.29, 1.82) is 10.5 Å². The lowest BCUT2D eigenvalue weighted by atomic mass is 10.1. The summed E-state index contributed by atoms with van der Waals surface area (Å²) in [6.07, 6.45) is 0.905. The summed E-state index contributed by atoms with van der Waals surface area (Å²) in [5.41, 5.74) is 7.12. The Kier molecular flexibility index (Phi) is 7.12. The van der Waals surface area contributed by atoms with E-state index in [-0.39, 0.29) is 15.9 Å². The zero-order valence-corrected chi connectivity index (χ0v) is 18.3. The van der Waals surface area contributed by atoms with E-state index in [9.17, 15) is 10.5 Å². The molecule has 0 bridgehead atoms. The summed E-state index contributed by atoms with van der Waals surface area (Å²) < 4.78 is 11.1. The minimum absolute atomic E-state index is 0.114. The number of methoxy groups -OCH3 is 2. The van der Waals surface area contributed by atoms with Gasteiger partial charge < -0.3 is 15.2 Å². The Morgan fingerprint density at radius 2 is 1.54 bits per heavy atom. The second-order valence-corrected chi connectivity index (χ2v) is 9.32. The van der Waals surface area contributed by atoms with E-state index in [4.69, 9.17) is 15.2 Å². The van der Waals surface area contributed by atoms with Gasteiger partial charge in [-0.05, 0) is 18.6 Å². The van der Waals surface area contributed by atoms with Gasteiger partial charge in [0, 0.05) is 15.3 Å². The molecule has 0 spiro atoms. The highest BCUT2D eigenvalue weighted by molar-refractivity contribution is 8.03. The number of para-hydroxylation sites is 1. The summed E-state index contributed by atoms with van der Waals surface area (Å²) in [7, 11) is 3.01. The minimum Gasteiger partial charge on any atom is -0.494 e. The fourth-order valence-corrected chi connectivity index (χ4v) is 4.91. The topological polar surface area (TPSA) is 92.1 Å². The number of nitrogen functional groups attached to an aromatic ring is 1. The molecule has 0 aliphatic heterocycles. The Balaban J connectivity index is 2.87. The third kappa shape index (κ3) is 4.32. The van der Waals surface area contributed by atoms with Crippen LogP contribution in [0.3, 0.4) is 0 Å². The largest absolute Gasteiger partial charge is 0.494 e. The van der Waals surface area contributed by atoms with Crippen molar-refractivity contribution in [3.8, 4) is 23.6 Å². The van der Waals surface area contributed by atoms with Gasteiger partial charge in [0.1, 0.15) is 23.3 Å². The SMILES string of the molecule is CCC(C)(C)Sc1c(OC)c(C#N)c(C#N)c(OC)c1Sc1ccccc1N. The van der Waals surface area contributed by atoms with Crippen molar-refractivity contribution in [2.45, 2.75) is 46.6 Å². The van der Waals surface area contributed by atoms with Gasteiger partial charge >= 0.3 is 0 Å². The summed E-state index contributed by atoms with van der Waals surface area (Å²) >= 11 is 3.01. The summed E-state index contributed by atoms with van der Waals surface area (Å²) in [6, 6.07) is 11.7. The van der Waals surface area contributed by atoms with Crippen LogP contribution in [0.25, 0.3) is 0 Å². The standard InChI is InChI=1S/C21H23N3O2S2/c1-6-21(2,3)28-20-18(26-5)14(12-23)13(11-22)17(25-4)19(20)27-16-10-8-7-9-15(16)24/h7-10H,6,24H2,1-5H3. The van der Waals surface area contributed by atoms with Crippen LogP contribution in [0.2, 0.25) is 0 Å². The summed E-state index contributed by atoms with van der Waals surface area (Å²) in [5, 5.41) is 19.4. The molecule has 28 heavy (non-hydrogen) atoms. The first-order valence-electron chi connectivity index (χ1n) is 8.67. The number of rotatable bonds is 7. The number of hydrogen-bond acceptors (Lipinski definition) is 7. The fourth-order valence-electron chi connectivity index (χ4n) is 2.48. The zero-order chi connectivity index (χ0) is 20.9. The summed E-state index contributed by atoms with van der Waals surface area (Å²) in [5.74, 6) is 0.755. The van der Waals surface area contributed by atoms with Gasteiger partial charge in [-0.3, -0.25) is 0 Å². The van der Waals surface area contributed by atoms with E-state index >= 15 is 0 Å². The number of ether oxygens (including phenoxy) is 2. The highest BCUT2D eigenvalue weighted by Crippen LogP contribution is 2.53. The first kappa shape index (κ1) is 21.8. The van der Waals surface area contributed by atoms with E-state index in [2.05, 4.69) is 32.9 Å². The molecule has 0 aliphatic rings. The van der Waals surface area contributed by atoms with Crippen molar-refractivity contribution in [2.24, 2.45) is 0 Å². The van der Waals surface area contributed by atoms with Crippen molar-refractivity contribution in [2.75, 3.05) is 20.0 Å². The quantitative estimate of drug-likeness (QED) is 0.476. The number of thioether (sulfide) groups is 1. The second-order valence-electron chi connectivity index (χ2n) is 6.55. The lowest BCUT2D eigenvalue weighted by molar-refractivity contribution is 0.381. The number of hydrogen-bond donors (Lipinski definition) is 1. The Morgan fingerprint density at radius 3 is 2.00 bits per heavy atom. The highest BCUT2D eigenvalue weighted by Gasteiger charge is 2.30. The van der Waals surface area contributed by atoms with Gasteiger partial charge in [-0.1, -0.05) is 44.7 Å². The van der Waals surface area contributed by atoms with Gasteiger partial charge in [-0.25, -0.2) is 0 Å². The lowest BCUT2D eigenvalue weighted by Crippen LogP contribution is -2.13. The van der Waals surface area contributed by atoms with Gasteiger partial charge in [0.05, 0.1) is 24.0 Å². The molecule has 2 aromatic rings. The van der Waals surface area contributed by atoms with Gasteiger partial charge in [0.25, 0.3) is 0 Å². The summed E-state index contributed by atoms with van der Waals surface area (Å²) in [6.45, 7) is 6.35.